The van der Waals surface area contributed by atoms with Gasteiger partial charge in [-0.1, -0.05) is 19.9 Å². The molecule has 2 N–H and O–H groups in total. The first-order chi connectivity index (χ1) is 11.6. The highest BCUT2D eigenvalue weighted by molar-refractivity contribution is 5.80. The standard InChI is InChI=1S/C19H35N5/c1-6-20-19(21-15-18-13-9-11-16(4)22-18)23-17(5)12-10-14-24(7-2)8-3/h9,11,13,17H,6-8,10,12,14-15H2,1-5H3,(H2,20,21,23). The maximum absolute atomic E-state index is 4.66. The molecule has 1 atom stereocenters. The molecule has 1 aromatic rings. The molecule has 0 amide bonds. The summed E-state index contributed by atoms with van der Waals surface area (Å²) in [7, 11) is 0. The van der Waals surface area contributed by atoms with Gasteiger partial charge in [-0.15, -0.1) is 0 Å². The van der Waals surface area contributed by atoms with E-state index in [1.807, 2.05) is 25.1 Å². The van der Waals surface area contributed by atoms with Gasteiger partial charge in [-0.3, -0.25) is 4.98 Å². The fraction of sp³-hybridized carbons (Fsp3) is 0.684. The summed E-state index contributed by atoms with van der Waals surface area (Å²) in [5, 5.41) is 6.83. The van der Waals surface area contributed by atoms with Crippen molar-refractivity contribution < 1.29 is 0 Å². The Hall–Kier alpha value is -1.62. The minimum Gasteiger partial charge on any atom is -0.357 e. The van der Waals surface area contributed by atoms with Crippen molar-refractivity contribution in [1.82, 2.24) is 20.5 Å². The molecule has 0 spiro atoms. The second kappa shape index (κ2) is 11.8. The van der Waals surface area contributed by atoms with E-state index in [2.05, 4.69) is 53.2 Å². The van der Waals surface area contributed by atoms with Crippen LogP contribution in [-0.2, 0) is 6.54 Å². The van der Waals surface area contributed by atoms with Gasteiger partial charge in [0, 0.05) is 18.3 Å². The Balaban J connectivity index is 2.47. The number of aromatic nitrogens is 1. The van der Waals surface area contributed by atoms with Crippen LogP contribution in [0.25, 0.3) is 0 Å². The third-order valence-corrected chi connectivity index (χ3v) is 4.08. The molecular formula is C19H35N5. The summed E-state index contributed by atoms with van der Waals surface area (Å²) in [6, 6.07) is 6.47. The van der Waals surface area contributed by atoms with Crippen LogP contribution < -0.4 is 10.6 Å². The molecule has 136 valence electrons. The quantitative estimate of drug-likeness (QED) is 0.510. The smallest absolute Gasteiger partial charge is 0.191 e. The Morgan fingerprint density at radius 3 is 2.62 bits per heavy atom. The Labute approximate surface area is 148 Å². The summed E-state index contributed by atoms with van der Waals surface area (Å²) in [4.78, 5) is 11.6. The van der Waals surface area contributed by atoms with E-state index < -0.39 is 0 Å². The van der Waals surface area contributed by atoms with Crippen molar-refractivity contribution in [3.8, 4) is 0 Å². The fourth-order valence-corrected chi connectivity index (χ4v) is 2.63. The molecule has 5 nitrogen and oxygen atoms in total. The van der Waals surface area contributed by atoms with Crippen LogP contribution in [-0.4, -0.2) is 48.1 Å². The monoisotopic (exact) mass is 333 g/mol. The van der Waals surface area contributed by atoms with Crippen LogP contribution in [0.4, 0.5) is 0 Å². The van der Waals surface area contributed by atoms with E-state index in [1.54, 1.807) is 0 Å². The predicted octanol–water partition coefficient (Wildman–Crippen LogP) is 2.96. The molecule has 1 heterocycles. The van der Waals surface area contributed by atoms with Gasteiger partial charge in [0.2, 0.25) is 0 Å². The summed E-state index contributed by atoms with van der Waals surface area (Å²) >= 11 is 0. The van der Waals surface area contributed by atoms with Gasteiger partial charge in [-0.05, 0) is 65.4 Å². The maximum atomic E-state index is 4.66. The van der Waals surface area contributed by atoms with Gasteiger partial charge in [-0.25, -0.2) is 4.99 Å². The van der Waals surface area contributed by atoms with Crippen LogP contribution in [0.1, 0.15) is 51.9 Å². The van der Waals surface area contributed by atoms with Crippen molar-refractivity contribution in [2.24, 2.45) is 4.99 Å². The van der Waals surface area contributed by atoms with Crippen molar-refractivity contribution in [1.29, 1.82) is 0 Å². The average molecular weight is 334 g/mol. The van der Waals surface area contributed by atoms with Crippen molar-refractivity contribution in [3.63, 3.8) is 0 Å². The molecule has 0 fully saturated rings. The van der Waals surface area contributed by atoms with Gasteiger partial charge in [0.25, 0.3) is 0 Å². The minimum absolute atomic E-state index is 0.406. The first-order valence-electron chi connectivity index (χ1n) is 9.28. The summed E-state index contributed by atoms with van der Waals surface area (Å²) in [5.41, 5.74) is 2.03. The molecule has 0 aliphatic heterocycles. The van der Waals surface area contributed by atoms with Crippen molar-refractivity contribution in [2.45, 2.75) is 60.0 Å². The second-order valence-electron chi connectivity index (χ2n) is 6.18. The van der Waals surface area contributed by atoms with Crippen LogP contribution >= 0.6 is 0 Å². The van der Waals surface area contributed by atoms with E-state index in [-0.39, 0.29) is 0 Å². The van der Waals surface area contributed by atoms with Crippen molar-refractivity contribution >= 4 is 5.96 Å². The van der Waals surface area contributed by atoms with Crippen molar-refractivity contribution in [2.75, 3.05) is 26.2 Å². The highest BCUT2D eigenvalue weighted by atomic mass is 15.2. The van der Waals surface area contributed by atoms with Crippen LogP contribution in [0.3, 0.4) is 0 Å². The summed E-state index contributed by atoms with van der Waals surface area (Å²) < 4.78 is 0. The lowest BCUT2D eigenvalue weighted by Gasteiger charge is -2.21. The van der Waals surface area contributed by atoms with Crippen molar-refractivity contribution in [3.05, 3.63) is 29.6 Å². The molecule has 1 rings (SSSR count). The number of pyridine rings is 1. The number of guanidine groups is 1. The molecule has 0 aliphatic rings. The fourth-order valence-electron chi connectivity index (χ4n) is 2.63. The summed E-state index contributed by atoms with van der Waals surface area (Å²) in [5.74, 6) is 0.871. The topological polar surface area (TPSA) is 52.6 Å². The number of aryl methyl sites for hydroxylation is 1. The first-order valence-corrected chi connectivity index (χ1v) is 9.28. The largest absolute Gasteiger partial charge is 0.357 e. The normalized spacial score (nSPS) is 13.2. The molecule has 1 unspecified atom stereocenters. The minimum atomic E-state index is 0.406. The highest BCUT2D eigenvalue weighted by Gasteiger charge is 2.06. The SMILES string of the molecule is CCNC(=NCc1cccc(C)n1)NC(C)CCCN(CC)CC. The lowest BCUT2D eigenvalue weighted by Crippen LogP contribution is -2.42. The Bertz CT molecular complexity index is 482. The number of nitrogens with zero attached hydrogens (tertiary/aromatic N) is 3. The van der Waals surface area contributed by atoms with Gasteiger partial charge in [0.1, 0.15) is 0 Å². The van der Waals surface area contributed by atoms with Gasteiger partial charge >= 0.3 is 0 Å². The van der Waals surface area contributed by atoms with Crippen LogP contribution in [0.5, 0.6) is 0 Å². The molecule has 5 heteroatoms. The summed E-state index contributed by atoms with van der Waals surface area (Å²) in [6.45, 7) is 15.7. The highest BCUT2D eigenvalue weighted by Crippen LogP contribution is 2.02. The molecule has 0 bridgehead atoms. The third kappa shape index (κ3) is 8.29. The van der Waals surface area contributed by atoms with Gasteiger partial charge < -0.3 is 15.5 Å². The average Bonchev–Trinajstić information content (AvgIpc) is 2.57. The van der Waals surface area contributed by atoms with Crippen LogP contribution in [0.15, 0.2) is 23.2 Å². The molecule has 24 heavy (non-hydrogen) atoms. The molecule has 0 radical (unpaired) electrons. The molecule has 0 saturated carbocycles. The van der Waals surface area contributed by atoms with Crippen LogP contribution in [0, 0.1) is 6.92 Å². The Morgan fingerprint density at radius 2 is 2.00 bits per heavy atom. The van der Waals surface area contributed by atoms with E-state index in [4.69, 9.17) is 0 Å². The predicted molar refractivity (Wildman–Crippen MR) is 103 cm³/mol. The zero-order valence-electron chi connectivity index (χ0n) is 16.1. The number of hydrogen-bond acceptors (Lipinski definition) is 3. The first kappa shape index (κ1) is 20.4. The molecule has 0 saturated heterocycles. The Kier molecular flexibility index (Phi) is 10.1. The van der Waals surface area contributed by atoms with E-state index in [0.29, 0.717) is 12.6 Å². The van der Waals surface area contributed by atoms with E-state index in [1.165, 1.54) is 13.0 Å². The van der Waals surface area contributed by atoms with Gasteiger partial charge in [0.15, 0.2) is 5.96 Å². The third-order valence-electron chi connectivity index (χ3n) is 4.08. The van der Waals surface area contributed by atoms with E-state index in [0.717, 1.165) is 43.4 Å². The number of rotatable bonds is 10. The molecule has 0 aliphatic carbocycles. The second-order valence-corrected chi connectivity index (χ2v) is 6.18. The van der Waals surface area contributed by atoms with E-state index in [9.17, 15) is 0 Å². The molecule has 0 aromatic carbocycles. The number of hydrogen-bond donors (Lipinski definition) is 2. The Morgan fingerprint density at radius 1 is 1.25 bits per heavy atom. The number of aliphatic imine (C=N–C) groups is 1. The number of nitrogens with one attached hydrogen (secondary N) is 2. The lowest BCUT2D eigenvalue weighted by atomic mass is 10.2. The van der Waals surface area contributed by atoms with Crippen LogP contribution in [0.2, 0.25) is 0 Å². The van der Waals surface area contributed by atoms with Gasteiger partial charge in [-0.2, -0.15) is 0 Å². The zero-order valence-corrected chi connectivity index (χ0v) is 16.1. The van der Waals surface area contributed by atoms with Gasteiger partial charge in [0.05, 0.1) is 12.2 Å². The lowest BCUT2D eigenvalue weighted by molar-refractivity contribution is 0.292. The molecule has 1 aromatic heterocycles. The summed E-state index contributed by atoms with van der Waals surface area (Å²) in [6.07, 6.45) is 2.35. The molecular weight excluding hydrogens is 298 g/mol. The maximum Gasteiger partial charge on any atom is 0.191 e. The zero-order chi connectivity index (χ0) is 17.8. The van der Waals surface area contributed by atoms with E-state index >= 15 is 0 Å².